The van der Waals surface area contributed by atoms with E-state index >= 15 is 0 Å². The lowest BCUT2D eigenvalue weighted by molar-refractivity contribution is 0.203. The Morgan fingerprint density at radius 2 is 1.73 bits per heavy atom. The number of nitrogens with zero attached hydrogens (tertiary/aromatic N) is 3. The molecule has 0 radical (unpaired) electrons. The summed E-state index contributed by atoms with van der Waals surface area (Å²) in [5.41, 5.74) is 6.62. The summed E-state index contributed by atoms with van der Waals surface area (Å²) in [7, 11) is 0. The van der Waals surface area contributed by atoms with E-state index in [9.17, 15) is 4.79 Å². The minimum atomic E-state index is -0.455. The first-order valence-electron chi connectivity index (χ1n) is 12.4. The smallest absolute Gasteiger partial charge is 0.322 e. The van der Waals surface area contributed by atoms with Crippen molar-refractivity contribution in [1.29, 1.82) is 0 Å². The number of aromatic nitrogens is 2. The second kappa shape index (κ2) is 10.3. The summed E-state index contributed by atoms with van der Waals surface area (Å²) in [5, 5.41) is 7.43. The molecular formula is C30H30N4O3. The van der Waals surface area contributed by atoms with Crippen molar-refractivity contribution in [2.45, 2.75) is 40.3 Å². The normalized spacial score (nSPS) is 15.6. The molecule has 0 spiro atoms. The van der Waals surface area contributed by atoms with E-state index in [1.807, 2.05) is 100 Å². The summed E-state index contributed by atoms with van der Waals surface area (Å²) in [6.45, 7) is 8.96. The van der Waals surface area contributed by atoms with Crippen LogP contribution in [0.3, 0.4) is 0 Å². The average molecular weight is 495 g/mol. The van der Waals surface area contributed by atoms with Crippen LogP contribution in [0.5, 0.6) is 5.75 Å². The molecule has 1 aliphatic rings. The maximum atomic E-state index is 13.4. The van der Waals surface area contributed by atoms with Crippen LogP contribution in [0.15, 0.2) is 83.0 Å². The van der Waals surface area contributed by atoms with E-state index in [2.05, 4.69) is 10.5 Å². The van der Waals surface area contributed by atoms with Gasteiger partial charge in [0.15, 0.2) is 0 Å². The molecule has 0 saturated heterocycles. The third kappa shape index (κ3) is 5.11. The number of ether oxygens (including phenoxy) is 1. The third-order valence-corrected chi connectivity index (χ3v) is 6.51. The van der Waals surface area contributed by atoms with E-state index in [1.54, 1.807) is 4.90 Å². The molecule has 0 bridgehead atoms. The standard InChI is InChI=1S/C30H30N4O3/c1-5-36-25-15-13-23(14-16-25)27-26(29-32-28(33-37-29)24-8-6-7-20(3)17-24)21(4)34(30(35)31-27)18-22-11-9-19(2)10-12-22/h6-17,27H,5,18H2,1-4H3,(H,31,35). The van der Waals surface area contributed by atoms with Gasteiger partial charge in [-0.05, 0) is 57.0 Å². The summed E-state index contributed by atoms with van der Waals surface area (Å²) in [4.78, 5) is 19.8. The highest BCUT2D eigenvalue weighted by Gasteiger charge is 2.35. The zero-order valence-electron chi connectivity index (χ0n) is 21.5. The summed E-state index contributed by atoms with van der Waals surface area (Å²) in [6, 6.07) is 23.2. The van der Waals surface area contributed by atoms with E-state index in [1.165, 1.54) is 5.56 Å². The lowest BCUT2D eigenvalue weighted by Gasteiger charge is -2.35. The lowest BCUT2D eigenvalue weighted by Crippen LogP contribution is -2.45. The van der Waals surface area contributed by atoms with Crippen molar-refractivity contribution in [1.82, 2.24) is 20.4 Å². The SMILES string of the molecule is CCOc1ccc(C2NC(=O)N(Cc3ccc(C)cc3)C(C)=C2c2nc(-c3cccc(C)c3)no2)cc1. The Balaban J connectivity index is 1.57. The average Bonchev–Trinajstić information content (AvgIpc) is 3.38. The molecule has 2 heterocycles. The molecule has 5 rings (SSSR count). The van der Waals surface area contributed by atoms with Crippen LogP contribution in [0.1, 0.15) is 48.0 Å². The van der Waals surface area contributed by atoms with Gasteiger partial charge in [0.05, 0.1) is 24.8 Å². The van der Waals surface area contributed by atoms with Gasteiger partial charge in [0.25, 0.3) is 5.89 Å². The van der Waals surface area contributed by atoms with E-state index in [0.29, 0.717) is 24.9 Å². The Bertz CT molecular complexity index is 1440. The van der Waals surface area contributed by atoms with Gasteiger partial charge in [-0.1, -0.05) is 70.9 Å². The fraction of sp³-hybridized carbons (Fsp3) is 0.233. The predicted octanol–water partition coefficient (Wildman–Crippen LogP) is 6.45. The molecule has 37 heavy (non-hydrogen) atoms. The van der Waals surface area contributed by atoms with Gasteiger partial charge in [-0.2, -0.15) is 4.98 Å². The van der Waals surface area contributed by atoms with Gasteiger partial charge in [0.2, 0.25) is 5.82 Å². The van der Waals surface area contributed by atoms with Crippen molar-refractivity contribution in [3.63, 3.8) is 0 Å². The summed E-state index contributed by atoms with van der Waals surface area (Å²) in [5.74, 6) is 1.66. The molecule has 1 aliphatic heterocycles. The first-order valence-corrected chi connectivity index (χ1v) is 12.4. The van der Waals surface area contributed by atoms with Gasteiger partial charge in [-0.15, -0.1) is 0 Å². The van der Waals surface area contributed by atoms with Crippen molar-refractivity contribution in [2.24, 2.45) is 0 Å². The number of allylic oxidation sites excluding steroid dienone is 1. The number of benzene rings is 3. The van der Waals surface area contributed by atoms with E-state index in [4.69, 9.17) is 14.2 Å². The minimum Gasteiger partial charge on any atom is -0.494 e. The van der Waals surface area contributed by atoms with Crippen molar-refractivity contribution in [3.8, 4) is 17.1 Å². The molecule has 4 aromatic rings. The van der Waals surface area contributed by atoms with Crippen LogP contribution in [0, 0.1) is 13.8 Å². The number of rotatable bonds is 7. The molecule has 7 heteroatoms. The van der Waals surface area contributed by atoms with Gasteiger partial charge in [-0.25, -0.2) is 4.79 Å². The Morgan fingerprint density at radius 1 is 0.973 bits per heavy atom. The van der Waals surface area contributed by atoms with Gasteiger partial charge >= 0.3 is 6.03 Å². The molecule has 7 nitrogen and oxygen atoms in total. The minimum absolute atomic E-state index is 0.181. The molecule has 0 saturated carbocycles. The highest BCUT2D eigenvalue weighted by Crippen LogP contribution is 2.38. The topological polar surface area (TPSA) is 80.5 Å². The van der Waals surface area contributed by atoms with E-state index in [0.717, 1.165) is 39.3 Å². The Labute approximate surface area is 216 Å². The molecule has 1 aromatic heterocycles. The zero-order chi connectivity index (χ0) is 25.9. The molecule has 1 N–H and O–H groups in total. The third-order valence-electron chi connectivity index (χ3n) is 6.51. The maximum absolute atomic E-state index is 13.4. The van der Waals surface area contributed by atoms with Crippen LogP contribution in [-0.2, 0) is 6.54 Å². The van der Waals surface area contributed by atoms with Crippen molar-refractivity contribution in [2.75, 3.05) is 6.61 Å². The molecule has 2 amide bonds. The van der Waals surface area contributed by atoms with Gasteiger partial charge in [-0.3, -0.25) is 4.90 Å². The summed E-state index contributed by atoms with van der Waals surface area (Å²) in [6.07, 6.45) is 0. The van der Waals surface area contributed by atoms with Crippen LogP contribution in [-0.4, -0.2) is 27.7 Å². The molecule has 1 unspecified atom stereocenters. The quantitative estimate of drug-likeness (QED) is 0.319. The molecule has 3 aromatic carbocycles. The predicted molar refractivity (Wildman–Crippen MR) is 143 cm³/mol. The summed E-state index contributed by atoms with van der Waals surface area (Å²) >= 11 is 0. The first kappa shape index (κ1) is 24.3. The summed E-state index contributed by atoms with van der Waals surface area (Å²) < 4.78 is 11.4. The lowest BCUT2D eigenvalue weighted by atomic mass is 9.94. The van der Waals surface area contributed by atoms with Gasteiger partial charge in [0.1, 0.15) is 5.75 Å². The molecule has 188 valence electrons. The molecule has 0 fully saturated rings. The number of amides is 2. The van der Waals surface area contributed by atoms with Crippen LogP contribution in [0.2, 0.25) is 0 Å². The fourth-order valence-electron chi connectivity index (χ4n) is 4.53. The maximum Gasteiger partial charge on any atom is 0.322 e. The number of hydrogen-bond donors (Lipinski definition) is 1. The highest BCUT2D eigenvalue weighted by atomic mass is 16.5. The Hall–Kier alpha value is -4.39. The number of urea groups is 1. The molecular weight excluding hydrogens is 464 g/mol. The number of aryl methyl sites for hydroxylation is 2. The van der Waals surface area contributed by atoms with Crippen molar-refractivity contribution < 1.29 is 14.1 Å². The van der Waals surface area contributed by atoms with Crippen LogP contribution >= 0.6 is 0 Å². The van der Waals surface area contributed by atoms with E-state index < -0.39 is 6.04 Å². The van der Waals surface area contributed by atoms with Crippen LogP contribution in [0.25, 0.3) is 17.0 Å². The largest absolute Gasteiger partial charge is 0.494 e. The zero-order valence-corrected chi connectivity index (χ0v) is 21.5. The highest BCUT2D eigenvalue weighted by molar-refractivity contribution is 5.87. The van der Waals surface area contributed by atoms with Crippen molar-refractivity contribution in [3.05, 3.63) is 107 Å². The van der Waals surface area contributed by atoms with Gasteiger partial charge < -0.3 is 14.6 Å². The fourth-order valence-corrected chi connectivity index (χ4v) is 4.53. The van der Waals surface area contributed by atoms with Gasteiger partial charge in [0, 0.05) is 11.3 Å². The second-order valence-corrected chi connectivity index (χ2v) is 9.25. The monoisotopic (exact) mass is 494 g/mol. The number of carbonyl (C=O) groups excluding carboxylic acids is 1. The van der Waals surface area contributed by atoms with E-state index in [-0.39, 0.29) is 6.03 Å². The second-order valence-electron chi connectivity index (χ2n) is 9.25. The Kier molecular flexibility index (Phi) is 6.77. The number of nitrogens with one attached hydrogen (secondary N) is 1. The Morgan fingerprint density at radius 3 is 2.43 bits per heavy atom. The van der Waals surface area contributed by atoms with Crippen LogP contribution in [0.4, 0.5) is 4.79 Å². The molecule has 0 aliphatic carbocycles. The van der Waals surface area contributed by atoms with Crippen LogP contribution < -0.4 is 10.1 Å². The molecule has 1 atom stereocenters. The number of carbonyl (C=O) groups is 1. The number of hydrogen-bond acceptors (Lipinski definition) is 5. The first-order chi connectivity index (χ1) is 17.9. The van der Waals surface area contributed by atoms with Crippen molar-refractivity contribution >= 4 is 11.6 Å².